The van der Waals surface area contributed by atoms with Crippen molar-refractivity contribution in [2.45, 2.75) is 11.9 Å². The first-order chi connectivity index (χ1) is 10.7. The van der Waals surface area contributed by atoms with Crippen molar-refractivity contribution in [1.82, 2.24) is 0 Å². The van der Waals surface area contributed by atoms with Crippen LogP contribution < -0.4 is 5.32 Å². The summed E-state index contributed by atoms with van der Waals surface area (Å²) in [4.78, 5) is 12.1. The van der Waals surface area contributed by atoms with E-state index in [1.54, 1.807) is 0 Å². The number of rotatable bonds is 1. The van der Waals surface area contributed by atoms with Gasteiger partial charge in [0.2, 0.25) is 0 Å². The highest BCUT2D eigenvalue weighted by Crippen LogP contribution is 2.47. The van der Waals surface area contributed by atoms with Crippen LogP contribution in [0.5, 0.6) is 0 Å². The summed E-state index contributed by atoms with van der Waals surface area (Å²) >= 11 is 11.6. The summed E-state index contributed by atoms with van der Waals surface area (Å²) in [7, 11) is 0. The molecule has 0 saturated carbocycles. The Labute approximate surface area is 139 Å². The second kappa shape index (κ2) is 5.32. The molecule has 2 aromatic rings. The third-order valence-electron chi connectivity index (χ3n) is 3.37. The SMILES string of the molecule is O=C1O[C@@](c2cc(Cl)cc(Cl)c2)(C(F)(F)F)Nc2ccccc21. The highest BCUT2D eigenvalue weighted by molar-refractivity contribution is 6.34. The molecule has 1 N–H and O–H groups in total. The maximum absolute atomic E-state index is 13.8. The molecule has 1 heterocycles. The van der Waals surface area contributed by atoms with Crippen LogP contribution in [0, 0.1) is 0 Å². The van der Waals surface area contributed by atoms with Crippen LogP contribution in [0.2, 0.25) is 10.0 Å². The van der Waals surface area contributed by atoms with Crippen molar-refractivity contribution in [2.75, 3.05) is 5.32 Å². The van der Waals surface area contributed by atoms with Gasteiger partial charge in [-0.25, -0.2) is 4.79 Å². The maximum Gasteiger partial charge on any atom is 0.453 e. The molecule has 120 valence electrons. The van der Waals surface area contributed by atoms with Gasteiger partial charge in [0.1, 0.15) is 0 Å². The Hall–Kier alpha value is -1.92. The summed E-state index contributed by atoms with van der Waals surface area (Å²) in [5.41, 5.74) is -3.45. The Kier molecular flexibility index (Phi) is 3.69. The summed E-state index contributed by atoms with van der Waals surface area (Å²) in [6.45, 7) is 0. The van der Waals surface area contributed by atoms with Gasteiger partial charge in [-0.05, 0) is 30.3 Å². The zero-order valence-corrected chi connectivity index (χ0v) is 12.8. The number of fused-ring (bicyclic) bond motifs is 1. The maximum atomic E-state index is 13.8. The number of anilines is 1. The van der Waals surface area contributed by atoms with Crippen LogP contribution in [-0.2, 0) is 10.5 Å². The summed E-state index contributed by atoms with van der Waals surface area (Å²) in [6, 6.07) is 9.16. The molecular formula is C15H8Cl2F3NO2. The predicted molar refractivity (Wildman–Crippen MR) is 79.7 cm³/mol. The van der Waals surface area contributed by atoms with E-state index in [0.717, 1.165) is 12.1 Å². The molecule has 0 spiro atoms. The van der Waals surface area contributed by atoms with Gasteiger partial charge in [0.15, 0.2) is 0 Å². The van der Waals surface area contributed by atoms with Gasteiger partial charge >= 0.3 is 17.9 Å². The Morgan fingerprint density at radius 1 is 1.04 bits per heavy atom. The number of hydrogen-bond acceptors (Lipinski definition) is 3. The first-order valence-electron chi connectivity index (χ1n) is 6.37. The van der Waals surface area contributed by atoms with Crippen molar-refractivity contribution in [3.63, 3.8) is 0 Å². The quantitative estimate of drug-likeness (QED) is 0.727. The molecule has 0 amide bonds. The topological polar surface area (TPSA) is 38.3 Å². The van der Waals surface area contributed by atoms with Crippen molar-refractivity contribution < 1.29 is 22.7 Å². The van der Waals surface area contributed by atoms with Gasteiger partial charge in [-0.3, -0.25) is 0 Å². The highest BCUT2D eigenvalue weighted by Gasteiger charge is 2.62. The molecule has 0 aliphatic carbocycles. The number of cyclic esters (lactones) is 1. The number of nitrogens with one attached hydrogen (secondary N) is 1. The Morgan fingerprint density at radius 3 is 2.26 bits per heavy atom. The number of halogens is 5. The molecule has 0 aromatic heterocycles. The van der Waals surface area contributed by atoms with E-state index >= 15 is 0 Å². The summed E-state index contributed by atoms with van der Waals surface area (Å²) in [6.07, 6.45) is -4.94. The number of carbonyl (C=O) groups is 1. The number of benzene rings is 2. The molecule has 2 aromatic carbocycles. The predicted octanol–water partition coefficient (Wildman–Crippen LogP) is 4.99. The van der Waals surface area contributed by atoms with Crippen LogP contribution in [0.25, 0.3) is 0 Å². The fourth-order valence-electron chi connectivity index (χ4n) is 2.36. The number of alkyl halides is 3. The summed E-state index contributed by atoms with van der Waals surface area (Å²) < 4.78 is 46.1. The smallest absolute Gasteiger partial charge is 0.421 e. The standard InChI is InChI=1S/C15H8Cl2F3NO2/c16-9-5-8(6-10(17)7-9)14(15(18,19)20)21-12-4-2-1-3-11(12)13(22)23-14/h1-7,21H/t14-/m0/s1. The molecule has 0 radical (unpaired) electrons. The zero-order chi connectivity index (χ0) is 16.8. The Bertz CT molecular complexity index is 774. The first kappa shape index (κ1) is 16.0. The lowest BCUT2D eigenvalue weighted by molar-refractivity contribution is -0.254. The van der Waals surface area contributed by atoms with Crippen molar-refractivity contribution in [3.05, 3.63) is 63.6 Å². The normalized spacial score (nSPS) is 20.5. The largest absolute Gasteiger partial charge is 0.453 e. The van der Waals surface area contributed by atoms with Crippen LogP contribution in [0.1, 0.15) is 15.9 Å². The first-order valence-corrected chi connectivity index (χ1v) is 7.12. The average molecular weight is 362 g/mol. The fourth-order valence-corrected chi connectivity index (χ4v) is 2.89. The van der Waals surface area contributed by atoms with E-state index < -0.39 is 23.4 Å². The Balaban J connectivity index is 2.23. The van der Waals surface area contributed by atoms with Crippen LogP contribution in [0.4, 0.5) is 18.9 Å². The van der Waals surface area contributed by atoms with Gasteiger partial charge in [0, 0.05) is 15.6 Å². The van der Waals surface area contributed by atoms with Crippen LogP contribution in [0.15, 0.2) is 42.5 Å². The number of ether oxygens (including phenoxy) is 1. The van der Waals surface area contributed by atoms with Gasteiger partial charge in [0.25, 0.3) is 0 Å². The minimum atomic E-state index is -4.94. The van der Waals surface area contributed by atoms with Gasteiger partial charge in [0.05, 0.1) is 11.3 Å². The lowest BCUT2D eigenvalue weighted by atomic mass is 9.98. The minimum Gasteiger partial charge on any atom is -0.421 e. The van der Waals surface area contributed by atoms with Crippen molar-refractivity contribution in [3.8, 4) is 0 Å². The number of hydrogen-bond donors (Lipinski definition) is 1. The van der Waals surface area contributed by atoms with E-state index in [9.17, 15) is 18.0 Å². The van der Waals surface area contributed by atoms with Gasteiger partial charge in [-0.2, -0.15) is 13.2 Å². The van der Waals surface area contributed by atoms with E-state index in [1.807, 2.05) is 0 Å². The van der Waals surface area contributed by atoms with E-state index in [2.05, 4.69) is 5.32 Å². The van der Waals surface area contributed by atoms with Crippen molar-refractivity contribution in [1.29, 1.82) is 0 Å². The molecule has 0 saturated heterocycles. The number of esters is 1. The zero-order valence-electron chi connectivity index (χ0n) is 11.2. The van der Waals surface area contributed by atoms with Crippen LogP contribution >= 0.6 is 23.2 Å². The molecule has 3 rings (SSSR count). The monoisotopic (exact) mass is 361 g/mol. The fraction of sp³-hybridized carbons (Fsp3) is 0.133. The Morgan fingerprint density at radius 2 is 1.65 bits per heavy atom. The molecule has 0 unspecified atom stereocenters. The van der Waals surface area contributed by atoms with Gasteiger partial charge < -0.3 is 10.1 Å². The van der Waals surface area contributed by atoms with E-state index in [1.165, 1.54) is 30.3 Å². The minimum absolute atomic E-state index is 0.00664. The van der Waals surface area contributed by atoms with E-state index in [-0.39, 0.29) is 21.3 Å². The second-order valence-electron chi connectivity index (χ2n) is 4.90. The molecule has 3 nitrogen and oxygen atoms in total. The second-order valence-corrected chi connectivity index (χ2v) is 5.77. The van der Waals surface area contributed by atoms with Crippen LogP contribution in [0.3, 0.4) is 0 Å². The highest BCUT2D eigenvalue weighted by atomic mass is 35.5. The molecule has 8 heteroatoms. The lowest BCUT2D eigenvalue weighted by Gasteiger charge is -2.40. The average Bonchev–Trinajstić information content (AvgIpc) is 2.45. The summed E-state index contributed by atoms with van der Waals surface area (Å²) in [5, 5.41) is 2.25. The van der Waals surface area contributed by atoms with Crippen molar-refractivity contribution >= 4 is 34.9 Å². The summed E-state index contributed by atoms with van der Waals surface area (Å²) in [5.74, 6) is -1.09. The molecule has 23 heavy (non-hydrogen) atoms. The van der Waals surface area contributed by atoms with Crippen LogP contribution in [-0.4, -0.2) is 12.1 Å². The lowest BCUT2D eigenvalue weighted by Crippen LogP contribution is -2.54. The molecule has 0 fully saturated rings. The number of carbonyl (C=O) groups excluding carboxylic acids is 1. The van der Waals surface area contributed by atoms with Gasteiger partial charge in [-0.15, -0.1) is 0 Å². The van der Waals surface area contributed by atoms with E-state index in [0.29, 0.717) is 0 Å². The number of para-hydroxylation sites is 1. The molecular weight excluding hydrogens is 354 g/mol. The van der Waals surface area contributed by atoms with Crippen molar-refractivity contribution in [2.24, 2.45) is 0 Å². The third-order valence-corrected chi connectivity index (χ3v) is 3.81. The van der Waals surface area contributed by atoms with Gasteiger partial charge in [-0.1, -0.05) is 35.3 Å². The molecule has 1 atom stereocenters. The van der Waals surface area contributed by atoms with E-state index in [4.69, 9.17) is 27.9 Å². The molecule has 1 aliphatic heterocycles. The molecule has 0 bridgehead atoms. The third kappa shape index (κ3) is 2.62. The molecule has 1 aliphatic rings.